The number of hydrogen-bond donors (Lipinski definition) is 4. The molecule has 18 heteroatoms. The fraction of sp³-hybridized carbons (Fsp3) is 0.488. The molecule has 4 aliphatic rings. The number of benzene rings is 2. The minimum Gasteiger partial charge on any atom is -0.453 e. The molecule has 5 heterocycles. The van der Waals surface area contributed by atoms with Crippen molar-refractivity contribution in [3.05, 3.63) is 60.6 Å². The van der Waals surface area contributed by atoms with Gasteiger partial charge >= 0.3 is 12.2 Å². The highest BCUT2D eigenvalue weighted by atomic mass is 16.5. The number of nitrogens with zero attached hydrogens (tertiary/aromatic N) is 5. The summed E-state index contributed by atoms with van der Waals surface area (Å²) < 4.78 is 9.24. The summed E-state index contributed by atoms with van der Waals surface area (Å²) in [5.74, 6) is -1.15. The number of amides is 7. The zero-order valence-electron chi connectivity index (χ0n) is 35.1. The number of ether oxygens (including phenoxy) is 2. The Bertz CT molecular complexity index is 2070. The first-order valence-electron chi connectivity index (χ1n) is 20.9. The highest BCUT2D eigenvalue weighted by molar-refractivity contribution is 6.00. The van der Waals surface area contributed by atoms with Crippen molar-refractivity contribution >= 4 is 47.4 Å². The molecule has 0 bridgehead atoms. The van der Waals surface area contributed by atoms with Gasteiger partial charge in [0.1, 0.15) is 30.5 Å². The van der Waals surface area contributed by atoms with Crippen molar-refractivity contribution in [1.82, 2.24) is 40.4 Å². The zero-order chi connectivity index (χ0) is 43.6. The van der Waals surface area contributed by atoms with Crippen LogP contribution in [0.15, 0.2) is 54.7 Å². The highest BCUT2D eigenvalue weighted by Crippen LogP contribution is 2.33. The van der Waals surface area contributed by atoms with Gasteiger partial charge in [-0.25, -0.2) is 19.6 Å². The van der Waals surface area contributed by atoms with Gasteiger partial charge in [0.25, 0.3) is 5.91 Å². The van der Waals surface area contributed by atoms with Crippen molar-refractivity contribution in [1.29, 1.82) is 0 Å². The molecule has 7 amide bonds. The van der Waals surface area contributed by atoms with E-state index in [9.17, 15) is 33.6 Å². The fourth-order valence-corrected chi connectivity index (χ4v) is 8.23. The fourth-order valence-electron chi connectivity index (χ4n) is 8.23. The van der Waals surface area contributed by atoms with Crippen LogP contribution in [0.4, 0.5) is 15.3 Å². The lowest BCUT2D eigenvalue weighted by molar-refractivity contribution is -0.179. The number of carbonyl (C=O) groups is 7. The first-order chi connectivity index (χ1) is 29.5. The molecule has 326 valence electrons. The summed E-state index contributed by atoms with van der Waals surface area (Å²) in [5.41, 5.74) is 4.15. The lowest BCUT2D eigenvalue weighted by Gasteiger charge is -2.44. The topological polar surface area (TPSA) is 216 Å². The van der Waals surface area contributed by atoms with Crippen LogP contribution in [0, 0.1) is 0 Å². The number of imidazole rings is 1. The van der Waals surface area contributed by atoms with E-state index in [0.29, 0.717) is 50.3 Å². The number of likely N-dealkylation sites (tertiary alicyclic amines) is 2. The van der Waals surface area contributed by atoms with Crippen molar-refractivity contribution in [3.63, 3.8) is 0 Å². The van der Waals surface area contributed by atoms with Crippen LogP contribution in [0.1, 0.15) is 83.5 Å². The van der Waals surface area contributed by atoms with E-state index in [4.69, 9.17) is 0 Å². The molecular formula is C43H55N9O9. The first kappa shape index (κ1) is 44.1. The first-order valence-corrected chi connectivity index (χ1v) is 20.9. The van der Waals surface area contributed by atoms with Crippen LogP contribution in [-0.2, 0) is 33.4 Å². The quantitative estimate of drug-likeness (QED) is 0.239. The Morgan fingerprint density at radius 1 is 0.770 bits per heavy atom. The van der Waals surface area contributed by atoms with Crippen molar-refractivity contribution in [2.24, 2.45) is 0 Å². The molecule has 4 saturated heterocycles. The summed E-state index contributed by atoms with van der Waals surface area (Å²) in [6.45, 7) is 5.28. The third kappa shape index (κ3) is 10.1. The van der Waals surface area contributed by atoms with Gasteiger partial charge in [-0.05, 0) is 73.8 Å². The molecule has 2 aromatic carbocycles. The number of aromatic nitrogens is 2. The molecule has 4 atom stereocenters. The van der Waals surface area contributed by atoms with Gasteiger partial charge in [0.15, 0.2) is 0 Å². The zero-order valence-corrected chi connectivity index (χ0v) is 35.1. The molecule has 7 rings (SSSR count). The summed E-state index contributed by atoms with van der Waals surface area (Å²) in [5, 5.41) is 10.4. The number of hydrogen-bond acceptors (Lipinski definition) is 10. The molecule has 4 N–H and O–H groups in total. The standard InChI is InChI=1S/C40H47N9O9.C3H8/c1-57-39(55)42-23-34(51)46-19-3-6-30(46)35-41-22-29(44-35)26-11-9-24(10-12-26)25-13-15-27(16-14-25)43-36(52)31-7-4-20-47(31)38(54)32-8-5-21-48-33(50)18-17-28(37(53)49(32)48)45-40(56)58-2;1-3-2/h9-16,22,28,30-32H,3-8,17-21,23H2,1-2H3,(H,41,44)(H,42,55)(H,43,52)(H,45,56);3H2,1-2H3/t28?,30-,31?,32?;/m0./s1. The number of fused-ring (bicyclic) bond motifs is 1. The Balaban J connectivity index is 0.00000201. The van der Waals surface area contributed by atoms with Gasteiger partial charge < -0.3 is 40.2 Å². The van der Waals surface area contributed by atoms with Crippen LogP contribution in [0.3, 0.4) is 0 Å². The second kappa shape index (κ2) is 20.2. The highest BCUT2D eigenvalue weighted by Gasteiger charge is 2.48. The Hall–Kier alpha value is -6.46. The Labute approximate surface area is 354 Å². The lowest BCUT2D eigenvalue weighted by atomic mass is 10.0. The van der Waals surface area contributed by atoms with Crippen LogP contribution in [0.25, 0.3) is 22.4 Å². The Morgan fingerprint density at radius 2 is 1.38 bits per heavy atom. The maximum Gasteiger partial charge on any atom is 0.407 e. The van der Waals surface area contributed by atoms with Crippen LogP contribution in [0.5, 0.6) is 0 Å². The van der Waals surface area contributed by atoms with E-state index in [0.717, 1.165) is 35.2 Å². The molecule has 3 aromatic rings. The summed E-state index contributed by atoms with van der Waals surface area (Å²) in [7, 11) is 2.43. The van der Waals surface area contributed by atoms with Gasteiger partial charge in [-0.3, -0.25) is 29.0 Å². The molecule has 4 aliphatic heterocycles. The largest absolute Gasteiger partial charge is 0.453 e. The van der Waals surface area contributed by atoms with Gasteiger partial charge in [0, 0.05) is 31.7 Å². The number of anilines is 1. The third-order valence-corrected chi connectivity index (χ3v) is 11.2. The Morgan fingerprint density at radius 3 is 2.07 bits per heavy atom. The van der Waals surface area contributed by atoms with Gasteiger partial charge in [0.05, 0.1) is 32.2 Å². The molecule has 0 radical (unpaired) electrons. The van der Waals surface area contributed by atoms with E-state index in [1.807, 2.05) is 36.4 Å². The predicted molar refractivity (Wildman–Crippen MR) is 223 cm³/mol. The molecule has 0 saturated carbocycles. The van der Waals surface area contributed by atoms with Gasteiger partial charge in [-0.2, -0.15) is 0 Å². The molecule has 4 fully saturated rings. The summed E-state index contributed by atoms with van der Waals surface area (Å²) >= 11 is 0. The van der Waals surface area contributed by atoms with Gasteiger partial charge in [-0.1, -0.05) is 56.7 Å². The summed E-state index contributed by atoms with van der Waals surface area (Å²) in [4.78, 5) is 102. The van der Waals surface area contributed by atoms with Crippen LogP contribution < -0.4 is 16.0 Å². The molecule has 18 nitrogen and oxygen atoms in total. The number of rotatable bonds is 9. The second-order valence-corrected chi connectivity index (χ2v) is 15.4. The molecular weight excluding hydrogens is 787 g/mol. The summed E-state index contributed by atoms with van der Waals surface area (Å²) in [6, 6.07) is 12.3. The van der Waals surface area contributed by atoms with Crippen LogP contribution in [0.2, 0.25) is 0 Å². The monoisotopic (exact) mass is 841 g/mol. The number of aromatic amines is 1. The second-order valence-electron chi connectivity index (χ2n) is 15.4. The number of nitrogens with one attached hydrogen (secondary N) is 4. The van der Waals surface area contributed by atoms with E-state index in [-0.39, 0.29) is 49.7 Å². The van der Waals surface area contributed by atoms with Gasteiger partial charge in [-0.15, -0.1) is 0 Å². The molecule has 3 unspecified atom stereocenters. The SMILES string of the molecule is CCC.COC(=O)NCC(=O)N1CCC[C@H]1c1ncc(-c2ccc(-c3ccc(NC(=O)C4CCCN4C(=O)C4CCCN5C(=O)CCC(NC(=O)OC)C(=O)N45)cc3)cc2)[nH]1. The van der Waals surface area contributed by atoms with E-state index in [2.05, 4.69) is 49.2 Å². The van der Waals surface area contributed by atoms with E-state index in [1.54, 1.807) is 23.2 Å². The van der Waals surface area contributed by atoms with Crippen molar-refractivity contribution in [3.8, 4) is 22.4 Å². The molecule has 0 aliphatic carbocycles. The van der Waals surface area contributed by atoms with Crippen molar-refractivity contribution in [2.45, 2.75) is 95.8 Å². The number of hydrazine groups is 1. The number of carbonyl (C=O) groups excluding carboxylic acids is 7. The van der Waals surface area contributed by atoms with Crippen LogP contribution >= 0.6 is 0 Å². The minimum atomic E-state index is -1.03. The van der Waals surface area contributed by atoms with Gasteiger partial charge in [0.2, 0.25) is 23.6 Å². The summed E-state index contributed by atoms with van der Waals surface area (Å²) in [6.07, 6.45) is 5.08. The average Bonchev–Trinajstić information content (AvgIpc) is 4.07. The van der Waals surface area contributed by atoms with Crippen molar-refractivity contribution in [2.75, 3.05) is 45.7 Å². The third-order valence-electron chi connectivity index (χ3n) is 11.2. The molecule has 0 spiro atoms. The maximum atomic E-state index is 14.1. The number of alkyl carbamates (subject to hydrolysis) is 2. The van der Waals surface area contributed by atoms with Crippen LogP contribution in [-0.4, -0.2) is 130 Å². The maximum absolute atomic E-state index is 14.1. The average molecular weight is 842 g/mol. The van der Waals surface area contributed by atoms with E-state index in [1.165, 1.54) is 35.6 Å². The molecule has 1 aromatic heterocycles. The number of methoxy groups -OCH3 is 2. The van der Waals surface area contributed by atoms with E-state index >= 15 is 0 Å². The minimum absolute atomic E-state index is 0.0227. The van der Waals surface area contributed by atoms with E-state index < -0.39 is 42.1 Å². The Kier molecular flexibility index (Phi) is 14.6. The predicted octanol–water partition coefficient (Wildman–Crippen LogP) is 4.36. The number of H-pyrrole nitrogens is 1. The smallest absolute Gasteiger partial charge is 0.407 e. The molecule has 61 heavy (non-hydrogen) atoms. The lowest BCUT2D eigenvalue weighted by Crippen LogP contribution is -2.64. The normalized spacial score (nSPS) is 21.1. The van der Waals surface area contributed by atoms with Crippen molar-refractivity contribution < 1.29 is 43.0 Å².